The summed E-state index contributed by atoms with van der Waals surface area (Å²) in [4.78, 5) is 31.3. The maximum absolute atomic E-state index is 13.1. The average Bonchev–Trinajstić information content (AvgIpc) is 2.64. The number of benzene rings is 1. The van der Waals surface area contributed by atoms with E-state index >= 15 is 0 Å². The van der Waals surface area contributed by atoms with Gasteiger partial charge in [0.05, 0.1) is 0 Å². The Bertz CT molecular complexity index is 578. The van der Waals surface area contributed by atoms with Crippen LogP contribution in [0.5, 0.6) is 0 Å². The van der Waals surface area contributed by atoms with E-state index in [2.05, 4.69) is 17.0 Å². The molecular formula is C21H33N3O2. The summed E-state index contributed by atoms with van der Waals surface area (Å²) < 4.78 is 0. The molecule has 0 aliphatic carbocycles. The number of piperidine rings is 1. The Morgan fingerprint density at radius 1 is 1.08 bits per heavy atom. The molecule has 0 saturated carbocycles. The number of nitrogens with zero attached hydrogens (tertiary/aromatic N) is 3. The molecule has 0 spiro atoms. The van der Waals surface area contributed by atoms with Gasteiger partial charge in [-0.25, -0.2) is 0 Å². The molecule has 144 valence electrons. The van der Waals surface area contributed by atoms with Gasteiger partial charge in [0, 0.05) is 44.6 Å². The fourth-order valence-corrected chi connectivity index (χ4v) is 3.36. The quantitative estimate of drug-likeness (QED) is 0.751. The molecule has 0 unspecified atom stereocenters. The molecule has 0 radical (unpaired) electrons. The van der Waals surface area contributed by atoms with Crippen molar-refractivity contribution in [3.63, 3.8) is 0 Å². The number of hydrogen-bond acceptors (Lipinski definition) is 3. The van der Waals surface area contributed by atoms with Crippen molar-refractivity contribution in [2.75, 3.05) is 40.3 Å². The summed E-state index contributed by atoms with van der Waals surface area (Å²) in [5.74, 6) is 0.478. The van der Waals surface area contributed by atoms with Gasteiger partial charge >= 0.3 is 0 Å². The van der Waals surface area contributed by atoms with E-state index < -0.39 is 0 Å². The molecule has 2 amide bonds. The summed E-state index contributed by atoms with van der Waals surface area (Å²) in [6, 6.07) is 10.2. The minimum absolute atomic E-state index is 0.0249. The van der Waals surface area contributed by atoms with Crippen molar-refractivity contribution in [1.82, 2.24) is 14.7 Å². The van der Waals surface area contributed by atoms with Crippen molar-refractivity contribution in [2.45, 2.75) is 33.2 Å². The van der Waals surface area contributed by atoms with E-state index in [9.17, 15) is 9.59 Å². The fourth-order valence-electron chi connectivity index (χ4n) is 3.36. The highest BCUT2D eigenvalue weighted by Gasteiger charge is 2.30. The fraction of sp³-hybridized carbons (Fsp3) is 0.619. The second-order valence-corrected chi connectivity index (χ2v) is 7.80. The number of likely N-dealkylation sites (N-methyl/N-ethyl adjacent to an activating group) is 1. The molecule has 1 aromatic rings. The van der Waals surface area contributed by atoms with Gasteiger partial charge in [0.1, 0.15) is 0 Å². The molecular weight excluding hydrogens is 326 g/mol. The third-order valence-corrected chi connectivity index (χ3v) is 4.99. The number of hydrogen-bond donors (Lipinski definition) is 0. The summed E-state index contributed by atoms with van der Waals surface area (Å²) in [5.41, 5.74) is 1.16. The van der Waals surface area contributed by atoms with Crippen molar-refractivity contribution in [3.05, 3.63) is 35.9 Å². The highest BCUT2D eigenvalue weighted by Crippen LogP contribution is 2.22. The van der Waals surface area contributed by atoms with Crippen molar-refractivity contribution in [3.8, 4) is 0 Å². The van der Waals surface area contributed by atoms with Crippen LogP contribution in [-0.4, -0.2) is 66.8 Å². The SMILES string of the molecule is CC(C)C(=O)N1CCC(C(=O)N(CCN(C)C)Cc2ccccc2)CC1. The molecule has 5 nitrogen and oxygen atoms in total. The van der Waals surface area contributed by atoms with E-state index in [-0.39, 0.29) is 23.7 Å². The van der Waals surface area contributed by atoms with E-state index in [1.54, 1.807) is 0 Å². The Kier molecular flexibility index (Phi) is 7.64. The predicted octanol–water partition coefficient (Wildman–Crippen LogP) is 2.47. The Morgan fingerprint density at radius 3 is 2.23 bits per heavy atom. The van der Waals surface area contributed by atoms with E-state index in [0.717, 1.165) is 31.5 Å². The van der Waals surface area contributed by atoms with Crippen molar-refractivity contribution in [2.24, 2.45) is 11.8 Å². The lowest BCUT2D eigenvalue weighted by atomic mass is 9.94. The largest absolute Gasteiger partial charge is 0.342 e. The van der Waals surface area contributed by atoms with Gasteiger partial charge in [-0.3, -0.25) is 9.59 Å². The van der Waals surface area contributed by atoms with Crippen molar-refractivity contribution >= 4 is 11.8 Å². The average molecular weight is 360 g/mol. The molecule has 0 bridgehead atoms. The van der Waals surface area contributed by atoms with Gasteiger partial charge in [0.2, 0.25) is 11.8 Å². The van der Waals surface area contributed by atoms with Gasteiger partial charge < -0.3 is 14.7 Å². The Hall–Kier alpha value is -1.88. The Labute approximate surface area is 158 Å². The third-order valence-electron chi connectivity index (χ3n) is 4.99. The lowest BCUT2D eigenvalue weighted by molar-refractivity contribution is -0.142. The number of rotatable bonds is 7. The van der Waals surface area contributed by atoms with Crippen LogP contribution in [0, 0.1) is 11.8 Å². The first-order valence-corrected chi connectivity index (χ1v) is 9.64. The number of carbonyl (C=O) groups excluding carboxylic acids is 2. The van der Waals surface area contributed by atoms with Crippen LogP contribution in [0.25, 0.3) is 0 Å². The van der Waals surface area contributed by atoms with Gasteiger partial charge in [-0.2, -0.15) is 0 Å². The first-order valence-electron chi connectivity index (χ1n) is 9.64. The van der Waals surface area contributed by atoms with E-state index in [4.69, 9.17) is 0 Å². The number of likely N-dealkylation sites (tertiary alicyclic amines) is 1. The lowest BCUT2D eigenvalue weighted by Crippen LogP contribution is -2.46. The molecule has 5 heteroatoms. The van der Waals surface area contributed by atoms with E-state index in [1.807, 2.05) is 55.9 Å². The van der Waals surface area contributed by atoms with Crippen molar-refractivity contribution < 1.29 is 9.59 Å². The van der Waals surface area contributed by atoms with E-state index in [1.165, 1.54) is 0 Å². The maximum Gasteiger partial charge on any atom is 0.226 e. The normalized spacial score (nSPS) is 15.5. The molecule has 1 aliphatic heterocycles. The maximum atomic E-state index is 13.1. The van der Waals surface area contributed by atoms with Gasteiger partial charge in [0.15, 0.2) is 0 Å². The van der Waals surface area contributed by atoms with Gasteiger partial charge in [0.25, 0.3) is 0 Å². The lowest BCUT2D eigenvalue weighted by Gasteiger charge is -2.35. The van der Waals surface area contributed by atoms with Crippen LogP contribution in [0.2, 0.25) is 0 Å². The summed E-state index contributed by atoms with van der Waals surface area (Å²) in [7, 11) is 4.06. The predicted molar refractivity (Wildman–Crippen MR) is 105 cm³/mol. The molecule has 1 heterocycles. The summed E-state index contributed by atoms with van der Waals surface area (Å²) in [6.45, 7) is 7.49. The van der Waals surface area contributed by atoms with Crippen LogP contribution in [0.1, 0.15) is 32.3 Å². The highest BCUT2D eigenvalue weighted by molar-refractivity contribution is 5.81. The topological polar surface area (TPSA) is 43.9 Å². The first kappa shape index (κ1) is 20.4. The molecule has 2 rings (SSSR count). The summed E-state index contributed by atoms with van der Waals surface area (Å²) in [6.07, 6.45) is 1.54. The molecule has 1 saturated heterocycles. The van der Waals surface area contributed by atoms with Crippen LogP contribution >= 0.6 is 0 Å². The molecule has 1 fully saturated rings. The molecule has 26 heavy (non-hydrogen) atoms. The van der Waals surface area contributed by atoms with Crippen LogP contribution in [0.15, 0.2) is 30.3 Å². The van der Waals surface area contributed by atoms with Crippen LogP contribution in [0.4, 0.5) is 0 Å². The van der Waals surface area contributed by atoms with Crippen molar-refractivity contribution in [1.29, 1.82) is 0 Å². The standard InChI is InChI=1S/C21H33N3O2/c1-17(2)20(25)23-12-10-19(11-13-23)21(26)24(15-14-22(3)4)16-18-8-6-5-7-9-18/h5-9,17,19H,10-16H2,1-4H3. The second kappa shape index (κ2) is 9.72. The minimum atomic E-state index is 0.0249. The number of carbonyl (C=O) groups is 2. The monoisotopic (exact) mass is 359 g/mol. The first-order chi connectivity index (χ1) is 12.4. The Morgan fingerprint density at radius 2 is 1.69 bits per heavy atom. The van der Waals surface area contributed by atoms with Crippen LogP contribution in [-0.2, 0) is 16.1 Å². The van der Waals surface area contributed by atoms with Crippen LogP contribution < -0.4 is 0 Å². The van der Waals surface area contributed by atoms with Gasteiger partial charge in [-0.05, 0) is 32.5 Å². The molecule has 0 aromatic heterocycles. The number of amides is 2. The smallest absolute Gasteiger partial charge is 0.226 e. The zero-order valence-corrected chi connectivity index (χ0v) is 16.6. The highest BCUT2D eigenvalue weighted by atomic mass is 16.2. The van der Waals surface area contributed by atoms with Gasteiger partial charge in [-0.1, -0.05) is 44.2 Å². The molecule has 1 aromatic carbocycles. The molecule has 0 N–H and O–H groups in total. The Balaban J connectivity index is 1.98. The van der Waals surface area contributed by atoms with E-state index in [0.29, 0.717) is 19.6 Å². The summed E-state index contributed by atoms with van der Waals surface area (Å²) in [5, 5.41) is 0. The minimum Gasteiger partial charge on any atom is -0.342 e. The summed E-state index contributed by atoms with van der Waals surface area (Å²) >= 11 is 0. The molecule has 0 atom stereocenters. The van der Waals surface area contributed by atoms with Gasteiger partial charge in [-0.15, -0.1) is 0 Å². The zero-order chi connectivity index (χ0) is 19.1. The molecule has 1 aliphatic rings. The van der Waals surface area contributed by atoms with Crippen LogP contribution in [0.3, 0.4) is 0 Å². The third kappa shape index (κ3) is 5.84. The second-order valence-electron chi connectivity index (χ2n) is 7.80. The zero-order valence-electron chi connectivity index (χ0n) is 16.6.